The lowest BCUT2D eigenvalue weighted by Gasteiger charge is -2.05. The van der Waals surface area contributed by atoms with Gasteiger partial charge in [0.25, 0.3) is 0 Å². The first-order valence-corrected chi connectivity index (χ1v) is 4.29. The van der Waals surface area contributed by atoms with Crippen LogP contribution in [-0.4, -0.2) is 17.5 Å². The predicted octanol–water partition coefficient (Wildman–Crippen LogP) is 2.42. The van der Waals surface area contributed by atoms with Crippen molar-refractivity contribution in [3.8, 4) is 5.75 Å². The minimum Gasteiger partial charge on any atom is -0.494 e. The fraction of sp³-hybridized carbons (Fsp3) is 0.300. The van der Waals surface area contributed by atoms with E-state index in [1.165, 1.54) is 12.1 Å². The highest BCUT2D eigenvalue weighted by Gasteiger charge is 2.04. The number of benzene rings is 1. The smallest absolute Gasteiger partial charge is 0.127 e. The zero-order valence-corrected chi connectivity index (χ0v) is 8.12. The number of rotatable bonds is 3. The molecule has 0 spiro atoms. The summed E-state index contributed by atoms with van der Waals surface area (Å²) in [5, 5.41) is 11.5. The first-order chi connectivity index (χ1) is 6.67. The molecule has 0 aliphatic heterocycles. The molecule has 1 N–H and O–H groups in total. The molecular formula is C10H12FNO2. The van der Waals surface area contributed by atoms with Crippen LogP contribution < -0.4 is 4.74 Å². The van der Waals surface area contributed by atoms with Gasteiger partial charge in [-0.2, -0.15) is 0 Å². The van der Waals surface area contributed by atoms with Gasteiger partial charge in [0.2, 0.25) is 0 Å². The van der Waals surface area contributed by atoms with Crippen molar-refractivity contribution in [3.63, 3.8) is 0 Å². The van der Waals surface area contributed by atoms with Gasteiger partial charge in [0, 0.05) is 11.6 Å². The first kappa shape index (κ1) is 10.5. The van der Waals surface area contributed by atoms with Crippen molar-refractivity contribution in [1.82, 2.24) is 0 Å². The highest BCUT2D eigenvalue weighted by molar-refractivity contribution is 5.98. The lowest BCUT2D eigenvalue weighted by molar-refractivity contribution is 0.319. The molecule has 0 amide bonds. The highest BCUT2D eigenvalue weighted by Crippen LogP contribution is 2.17. The Labute approximate surface area is 81.8 Å². The molecule has 0 saturated heterocycles. The van der Waals surface area contributed by atoms with Gasteiger partial charge in [0.05, 0.1) is 12.3 Å². The van der Waals surface area contributed by atoms with E-state index >= 15 is 0 Å². The second kappa shape index (κ2) is 4.60. The third-order valence-electron chi connectivity index (χ3n) is 1.75. The van der Waals surface area contributed by atoms with Gasteiger partial charge in [-0.1, -0.05) is 5.16 Å². The molecule has 0 heterocycles. The summed E-state index contributed by atoms with van der Waals surface area (Å²) in [6, 6.07) is 4.21. The summed E-state index contributed by atoms with van der Waals surface area (Å²) in [5.41, 5.74) is 0.862. The molecule has 0 aromatic heterocycles. The molecule has 0 unspecified atom stereocenters. The van der Waals surface area contributed by atoms with Gasteiger partial charge in [0.1, 0.15) is 11.6 Å². The van der Waals surface area contributed by atoms with Crippen LogP contribution in [0.25, 0.3) is 0 Å². The molecule has 1 aromatic rings. The molecule has 0 aliphatic rings. The Morgan fingerprint density at radius 3 is 2.79 bits per heavy atom. The standard InChI is InChI=1S/C10H12FNO2/c1-3-14-10-5-8(7(2)12-13)4-9(11)6-10/h4-6,13H,3H2,1-2H3. The van der Waals surface area contributed by atoms with Crippen LogP contribution in [0.5, 0.6) is 5.75 Å². The van der Waals surface area contributed by atoms with E-state index in [4.69, 9.17) is 9.94 Å². The lowest BCUT2D eigenvalue weighted by Crippen LogP contribution is -1.98. The third-order valence-corrected chi connectivity index (χ3v) is 1.75. The van der Waals surface area contributed by atoms with Gasteiger partial charge < -0.3 is 9.94 Å². The largest absolute Gasteiger partial charge is 0.494 e. The van der Waals surface area contributed by atoms with Gasteiger partial charge in [-0.25, -0.2) is 4.39 Å². The molecule has 1 aromatic carbocycles. The van der Waals surface area contributed by atoms with Gasteiger partial charge in [-0.3, -0.25) is 0 Å². The maximum absolute atomic E-state index is 13.0. The Balaban J connectivity index is 3.07. The van der Waals surface area contributed by atoms with Crippen molar-refractivity contribution < 1.29 is 14.3 Å². The number of nitrogens with zero attached hydrogens (tertiary/aromatic N) is 1. The van der Waals surface area contributed by atoms with Crippen molar-refractivity contribution in [2.24, 2.45) is 5.16 Å². The van der Waals surface area contributed by atoms with Crippen molar-refractivity contribution in [2.45, 2.75) is 13.8 Å². The molecular weight excluding hydrogens is 185 g/mol. The summed E-state index contributed by atoms with van der Waals surface area (Å²) in [6.07, 6.45) is 0. The second-order valence-corrected chi connectivity index (χ2v) is 2.79. The summed E-state index contributed by atoms with van der Waals surface area (Å²) in [5.74, 6) is 0.0273. The quantitative estimate of drug-likeness (QED) is 0.459. The van der Waals surface area contributed by atoms with E-state index in [0.29, 0.717) is 23.6 Å². The van der Waals surface area contributed by atoms with Crippen molar-refractivity contribution in [3.05, 3.63) is 29.6 Å². The van der Waals surface area contributed by atoms with Crippen LogP contribution in [-0.2, 0) is 0 Å². The van der Waals surface area contributed by atoms with Crippen LogP contribution in [0.1, 0.15) is 19.4 Å². The second-order valence-electron chi connectivity index (χ2n) is 2.79. The zero-order valence-electron chi connectivity index (χ0n) is 8.12. The number of oxime groups is 1. The van der Waals surface area contributed by atoms with Gasteiger partial charge in [-0.05, 0) is 26.0 Å². The summed E-state index contributed by atoms with van der Waals surface area (Å²) in [6.45, 7) is 3.88. The molecule has 0 saturated carbocycles. The molecule has 3 nitrogen and oxygen atoms in total. The van der Waals surface area contributed by atoms with Crippen LogP contribution in [0, 0.1) is 5.82 Å². The fourth-order valence-electron chi connectivity index (χ4n) is 1.08. The van der Waals surface area contributed by atoms with E-state index < -0.39 is 5.82 Å². The average Bonchev–Trinajstić information content (AvgIpc) is 2.16. The van der Waals surface area contributed by atoms with E-state index in [0.717, 1.165) is 0 Å². The van der Waals surface area contributed by atoms with Crippen molar-refractivity contribution in [1.29, 1.82) is 0 Å². The molecule has 0 atom stereocenters. The molecule has 1 rings (SSSR count). The highest BCUT2D eigenvalue weighted by atomic mass is 19.1. The molecule has 0 aliphatic carbocycles. The summed E-state index contributed by atoms with van der Waals surface area (Å²) < 4.78 is 18.2. The maximum atomic E-state index is 13.0. The van der Waals surface area contributed by atoms with Crippen molar-refractivity contribution >= 4 is 5.71 Å². The van der Waals surface area contributed by atoms with E-state index in [1.54, 1.807) is 13.0 Å². The fourth-order valence-corrected chi connectivity index (χ4v) is 1.08. The average molecular weight is 197 g/mol. The third kappa shape index (κ3) is 2.45. The molecule has 14 heavy (non-hydrogen) atoms. The minimum atomic E-state index is -0.408. The molecule has 0 bridgehead atoms. The van der Waals surface area contributed by atoms with Crippen LogP contribution in [0.3, 0.4) is 0 Å². The first-order valence-electron chi connectivity index (χ1n) is 4.29. The summed E-state index contributed by atoms with van der Waals surface area (Å²) >= 11 is 0. The van der Waals surface area contributed by atoms with Crippen molar-refractivity contribution in [2.75, 3.05) is 6.61 Å². The number of ether oxygens (including phenoxy) is 1. The predicted molar refractivity (Wildman–Crippen MR) is 51.6 cm³/mol. The monoisotopic (exact) mass is 197 g/mol. The number of hydrogen-bond acceptors (Lipinski definition) is 3. The van der Waals surface area contributed by atoms with E-state index in [9.17, 15) is 4.39 Å². The van der Waals surface area contributed by atoms with Crippen LogP contribution in [0.2, 0.25) is 0 Å². The normalized spacial score (nSPS) is 11.5. The maximum Gasteiger partial charge on any atom is 0.127 e. The Bertz CT molecular complexity index is 350. The lowest BCUT2D eigenvalue weighted by atomic mass is 10.1. The van der Waals surface area contributed by atoms with E-state index in [1.807, 2.05) is 6.92 Å². The van der Waals surface area contributed by atoms with Gasteiger partial charge in [0.15, 0.2) is 0 Å². The Kier molecular flexibility index (Phi) is 3.45. The number of hydrogen-bond donors (Lipinski definition) is 1. The van der Waals surface area contributed by atoms with Gasteiger partial charge >= 0.3 is 0 Å². The SMILES string of the molecule is CCOc1cc(F)cc(C(C)=NO)c1. The van der Waals surface area contributed by atoms with Gasteiger partial charge in [-0.15, -0.1) is 0 Å². The minimum absolute atomic E-state index is 0.352. The summed E-state index contributed by atoms with van der Waals surface area (Å²) in [4.78, 5) is 0. The Hall–Kier alpha value is -1.58. The molecule has 0 fully saturated rings. The van der Waals surface area contributed by atoms with Crippen LogP contribution >= 0.6 is 0 Å². The summed E-state index contributed by atoms with van der Waals surface area (Å²) in [7, 11) is 0. The van der Waals surface area contributed by atoms with Crippen LogP contribution in [0.15, 0.2) is 23.4 Å². The topological polar surface area (TPSA) is 41.8 Å². The molecule has 4 heteroatoms. The molecule has 0 radical (unpaired) electrons. The number of halogens is 1. The van der Waals surface area contributed by atoms with E-state index in [2.05, 4.69) is 5.16 Å². The van der Waals surface area contributed by atoms with Crippen LogP contribution in [0.4, 0.5) is 4.39 Å². The Morgan fingerprint density at radius 1 is 1.50 bits per heavy atom. The zero-order chi connectivity index (χ0) is 10.6. The van der Waals surface area contributed by atoms with E-state index in [-0.39, 0.29) is 0 Å². The molecule has 76 valence electrons. The Morgan fingerprint density at radius 2 is 2.21 bits per heavy atom.